The number of hydrogen-bond acceptors (Lipinski definition) is 4. The van der Waals surface area contributed by atoms with Crippen molar-refractivity contribution in [3.8, 4) is 0 Å². The third-order valence-corrected chi connectivity index (χ3v) is 6.54. The van der Waals surface area contributed by atoms with Crippen molar-refractivity contribution in [1.82, 2.24) is 14.7 Å². The smallest absolute Gasteiger partial charge is 0.255 e. The number of aromatic nitrogens is 2. The summed E-state index contributed by atoms with van der Waals surface area (Å²) in [6.45, 7) is 4.06. The van der Waals surface area contributed by atoms with E-state index in [0.717, 1.165) is 30.3 Å². The Morgan fingerprint density at radius 3 is 2.61 bits per heavy atom. The summed E-state index contributed by atoms with van der Waals surface area (Å²) in [4.78, 5) is 17.6. The van der Waals surface area contributed by atoms with E-state index in [9.17, 15) is 4.79 Å². The summed E-state index contributed by atoms with van der Waals surface area (Å²) in [5.41, 5.74) is 3.73. The highest BCUT2D eigenvalue weighted by Crippen LogP contribution is 2.34. The topological polar surface area (TPSA) is 53.4 Å². The zero-order valence-electron chi connectivity index (χ0n) is 17.5. The Labute approximate surface area is 187 Å². The first-order valence-corrected chi connectivity index (χ1v) is 11.1. The van der Waals surface area contributed by atoms with E-state index in [0.29, 0.717) is 23.2 Å². The Kier molecular flexibility index (Phi) is 5.42. The minimum absolute atomic E-state index is 0.111. The van der Waals surface area contributed by atoms with Gasteiger partial charge in [-0.3, -0.25) is 9.48 Å². The van der Waals surface area contributed by atoms with Crippen LogP contribution in [0, 0.1) is 5.92 Å². The van der Waals surface area contributed by atoms with Crippen LogP contribution in [0.2, 0.25) is 5.02 Å². The minimum atomic E-state index is -0.111. The van der Waals surface area contributed by atoms with Crippen LogP contribution in [0.5, 0.6) is 0 Å². The Morgan fingerprint density at radius 1 is 1.13 bits per heavy atom. The van der Waals surface area contributed by atoms with E-state index in [2.05, 4.69) is 39.4 Å². The Balaban J connectivity index is 1.20. The molecular weight excluding hydrogens is 410 g/mol. The largest absolute Gasteiger partial charge is 0.367 e. The summed E-state index contributed by atoms with van der Waals surface area (Å²) in [7, 11) is 2.20. The molecule has 1 amide bonds. The fourth-order valence-electron chi connectivity index (χ4n) is 4.81. The molecule has 0 radical (unpaired) electrons. The molecule has 2 atom stereocenters. The fourth-order valence-corrected chi connectivity index (χ4v) is 4.96. The maximum Gasteiger partial charge on any atom is 0.255 e. The number of benzene rings is 2. The van der Waals surface area contributed by atoms with E-state index in [4.69, 9.17) is 11.6 Å². The molecule has 0 spiro atoms. The van der Waals surface area contributed by atoms with Crippen LogP contribution in [-0.4, -0.2) is 53.3 Å². The van der Waals surface area contributed by atoms with Gasteiger partial charge in [0.2, 0.25) is 0 Å². The molecule has 3 heterocycles. The van der Waals surface area contributed by atoms with E-state index in [1.54, 1.807) is 17.1 Å². The summed E-state index contributed by atoms with van der Waals surface area (Å²) in [6, 6.07) is 16.4. The van der Waals surface area contributed by atoms with Gasteiger partial charge in [-0.05, 0) is 61.3 Å². The van der Waals surface area contributed by atoms with Crippen molar-refractivity contribution >= 4 is 28.9 Å². The number of nitrogens with one attached hydrogen (secondary N) is 1. The SMILES string of the molecule is CN1C[C@@H]2CCN(c3ccc(NC(=O)c4ccc(Cn5cc(Cl)cn5)cc4)cc3)[C@@H]2C1. The van der Waals surface area contributed by atoms with Crippen molar-refractivity contribution in [2.75, 3.05) is 36.9 Å². The molecule has 2 aliphatic heterocycles. The van der Waals surface area contributed by atoms with Gasteiger partial charge in [-0.25, -0.2) is 0 Å². The summed E-state index contributed by atoms with van der Waals surface area (Å²) in [5, 5.41) is 7.80. The number of amides is 1. The van der Waals surface area contributed by atoms with Gasteiger partial charge >= 0.3 is 0 Å². The number of rotatable bonds is 5. The second kappa shape index (κ2) is 8.36. The second-order valence-corrected chi connectivity index (χ2v) is 9.02. The van der Waals surface area contributed by atoms with Crippen molar-refractivity contribution in [3.63, 3.8) is 0 Å². The molecule has 3 aromatic rings. The van der Waals surface area contributed by atoms with Gasteiger partial charge in [-0.2, -0.15) is 5.10 Å². The summed E-state index contributed by atoms with van der Waals surface area (Å²) in [6.07, 6.45) is 4.65. The van der Waals surface area contributed by atoms with Crippen LogP contribution in [0.3, 0.4) is 0 Å². The first-order chi connectivity index (χ1) is 15.0. The number of nitrogens with zero attached hydrogens (tertiary/aromatic N) is 4. The van der Waals surface area contributed by atoms with Gasteiger partial charge in [-0.1, -0.05) is 23.7 Å². The predicted molar refractivity (Wildman–Crippen MR) is 124 cm³/mol. The fraction of sp³-hybridized carbons (Fsp3) is 0.333. The average Bonchev–Trinajstić information content (AvgIpc) is 3.45. The maximum absolute atomic E-state index is 12.7. The Bertz CT molecular complexity index is 1060. The molecule has 1 N–H and O–H groups in total. The lowest BCUT2D eigenvalue weighted by Gasteiger charge is -2.26. The molecule has 7 heteroatoms. The molecule has 31 heavy (non-hydrogen) atoms. The number of likely N-dealkylation sites (tertiary alicyclic amines) is 1. The Hall–Kier alpha value is -2.83. The molecule has 1 aromatic heterocycles. The van der Waals surface area contributed by atoms with Crippen LogP contribution in [0.1, 0.15) is 22.3 Å². The van der Waals surface area contributed by atoms with E-state index in [-0.39, 0.29) is 5.91 Å². The van der Waals surface area contributed by atoms with E-state index < -0.39 is 0 Å². The van der Waals surface area contributed by atoms with Crippen LogP contribution in [0.4, 0.5) is 11.4 Å². The number of fused-ring (bicyclic) bond motifs is 1. The van der Waals surface area contributed by atoms with Gasteiger partial charge < -0.3 is 15.1 Å². The minimum Gasteiger partial charge on any atom is -0.367 e. The molecular formula is C24H26ClN5O. The van der Waals surface area contributed by atoms with E-state index in [1.807, 2.05) is 36.4 Å². The van der Waals surface area contributed by atoms with Gasteiger partial charge in [0.1, 0.15) is 0 Å². The first kappa shape index (κ1) is 20.1. The van der Waals surface area contributed by atoms with Gasteiger partial charge in [0.25, 0.3) is 5.91 Å². The third kappa shape index (κ3) is 4.31. The molecule has 0 saturated carbocycles. The molecule has 160 valence electrons. The van der Waals surface area contributed by atoms with Gasteiger partial charge in [0.05, 0.1) is 17.8 Å². The highest BCUT2D eigenvalue weighted by Gasteiger charge is 2.39. The molecule has 2 saturated heterocycles. The zero-order chi connectivity index (χ0) is 21.4. The summed E-state index contributed by atoms with van der Waals surface area (Å²) >= 11 is 5.91. The highest BCUT2D eigenvalue weighted by atomic mass is 35.5. The molecule has 5 rings (SSSR count). The second-order valence-electron chi connectivity index (χ2n) is 8.58. The van der Waals surface area contributed by atoms with Crippen LogP contribution in [0.25, 0.3) is 0 Å². The number of halogens is 1. The van der Waals surface area contributed by atoms with Crippen LogP contribution < -0.4 is 10.2 Å². The lowest BCUT2D eigenvalue weighted by molar-refractivity contribution is 0.102. The van der Waals surface area contributed by atoms with Crippen molar-refractivity contribution in [2.45, 2.75) is 19.0 Å². The standard InChI is InChI=1S/C24H26ClN5O/c1-28-14-19-10-11-30(23(19)16-28)22-8-6-21(7-9-22)27-24(31)18-4-2-17(3-5-18)13-29-15-20(25)12-26-29/h2-9,12,15,19,23H,10-11,13-14,16H2,1H3,(H,27,31)/t19-,23+/m0/s1. The molecule has 0 bridgehead atoms. The van der Waals surface area contributed by atoms with E-state index in [1.165, 1.54) is 18.7 Å². The van der Waals surface area contributed by atoms with Crippen molar-refractivity contribution in [2.24, 2.45) is 5.92 Å². The number of carbonyl (C=O) groups excluding carboxylic acids is 1. The maximum atomic E-state index is 12.7. The third-order valence-electron chi connectivity index (χ3n) is 6.35. The molecule has 0 unspecified atom stereocenters. The lowest BCUT2D eigenvalue weighted by Crippen LogP contribution is -2.34. The first-order valence-electron chi connectivity index (χ1n) is 10.7. The monoisotopic (exact) mass is 435 g/mol. The number of likely N-dealkylation sites (N-methyl/N-ethyl adjacent to an activating group) is 1. The van der Waals surface area contributed by atoms with Crippen molar-refractivity contribution in [1.29, 1.82) is 0 Å². The summed E-state index contributed by atoms with van der Waals surface area (Å²) < 4.78 is 1.77. The normalized spacial score (nSPS) is 20.8. The number of carbonyl (C=O) groups is 1. The number of anilines is 2. The van der Waals surface area contributed by atoms with Gasteiger partial charge in [0, 0.05) is 48.8 Å². The molecule has 2 fully saturated rings. The van der Waals surface area contributed by atoms with Crippen molar-refractivity contribution < 1.29 is 4.79 Å². The molecule has 2 aliphatic rings. The van der Waals surface area contributed by atoms with Crippen LogP contribution in [0.15, 0.2) is 60.9 Å². The predicted octanol–water partition coefficient (Wildman–Crippen LogP) is 3.98. The lowest BCUT2D eigenvalue weighted by atomic mass is 10.0. The molecule has 0 aliphatic carbocycles. The Morgan fingerprint density at radius 2 is 1.90 bits per heavy atom. The summed E-state index contributed by atoms with van der Waals surface area (Å²) in [5.74, 6) is 0.665. The van der Waals surface area contributed by atoms with Crippen LogP contribution >= 0.6 is 11.6 Å². The average molecular weight is 436 g/mol. The van der Waals surface area contributed by atoms with Crippen LogP contribution in [-0.2, 0) is 6.54 Å². The van der Waals surface area contributed by atoms with Gasteiger partial charge in [0.15, 0.2) is 0 Å². The van der Waals surface area contributed by atoms with Crippen molar-refractivity contribution in [3.05, 3.63) is 77.1 Å². The van der Waals surface area contributed by atoms with E-state index >= 15 is 0 Å². The van der Waals surface area contributed by atoms with Gasteiger partial charge in [-0.15, -0.1) is 0 Å². The molecule has 6 nitrogen and oxygen atoms in total. The molecule has 2 aromatic carbocycles. The highest BCUT2D eigenvalue weighted by molar-refractivity contribution is 6.30. The number of hydrogen-bond donors (Lipinski definition) is 1. The quantitative estimate of drug-likeness (QED) is 0.658. The zero-order valence-corrected chi connectivity index (χ0v) is 18.3.